The molecule has 1 aliphatic heterocycles. The summed E-state index contributed by atoms with van der Waals surface area (Å²) in [6.07, 6.45) is 1.10. The summed E-state index contributed by atoms with van der Waals surface area (Å²) in [5.74, 6) is 1.69. The van der Waals surface area contributed by atoms with E-state index in [9.17, 15) is 0 Å². The molecule has 1 atom stereocenters. The molecule has 3 nitrogen and oxygen atoms in total. The van der Waals surface area contributed by atoms with Gasteiger partial charge in [0.25, 0.3) is 0 Å². The van der Waals surface area contributed by atoms with Gasteiger partial charge in [0, 0.05) is 17.5 Å². The van der Waals surface area contributed by atoms with Gasteiger partial charge in [-0.3, -0.25) is 0 Å². The Morgan fingerprint density at radius 2 is 2.10 bits per heavy atom. The highest BCUT2D eigenvalue weighted by Crippen LogP contribution is 2.34. The van der Waals surface area contributed by atoms with Gasteiger partial charge in [0.05, 0.1) is 0 Å². The van der Waals surface area contributed by atoms with Crippen molar-refractivity contribution in [2.45, 2.75) is 32.9 Å². The molecule has 0 fully saturated rings. The van der Waals surface area contributed by atoms with Crippen LogP contribution in [0, 0.1) is 0 Å². The quantitative estimate of drug-likeness (QED) is 0.906. The van der Waals surface area contributed by atoms with Crippen molar-refractivity contribution in [3.8, 4) is 11.5 Å². The fourth-order valence-corrected chi connectivity index (χ4v) is 3.31. The zero-order valence-corrected chi connectivity index (χ0v) is 12.6. The van der Waals surface area contributed by atoms with E-state index in [4.69, 9.17) is 9.47 Å². The first-order valence-electron chi connectivity index (χ1n) is 6.96. The minimum atomic E-state index is 0.288. The largest absolute Gasteiger partial charge is 0.454 e. The van der Waals surface area contributed by atoms with E-state index >= 15 is 0 Å². The minimum absolute atomic E-state index is 0.288. The molecule has 1 aromatic heterocycles. The van der Waals surface area contributed by atoms with Crippen LogP contribution in [0.5, 0.6) is 11.5 Å². The summed E-state index contributed by atoms with van der Waals surface area (Å²) in [7, 11) is 0. The van der Waals surface area contributed by atoms with Gasteiger partial charge in [0.1, 0.15) is 0 Å². The number of benzene rings is 1. The summed E-state index contributed by atoms with van der Waals surface area (Å²) in [6, 6.07) is 8.65. The molecule has 0 bridgehead atoms. The summed E-state index contributed by atoms with van der Waals surface area (Å²) < 4.78 is 10.8. The Hall–Kier alpha value is -1.52. The Kier molecular flexibility index (Phi) is 3.94. The molecule has 4 heteroatoms. The highest BCUT2D eigenvalue weighted by atomic mass is 32.1. The number of fused-ring (bicyclic) bond motifs is 1. The number of hydrogen-bond donors (Lipinski definition) is 1. The van der Waals surface area contributed by atoms with Crippen molar-refractivity contribution in [1.29, 1.82) is 0 Å². The van der Waals surface area contributed by atoms with Gasteiger partial charge in [-0.1, -0.05) is 13.0 Å². The molecule has 0 spiro atoms. The minimum Gasteiger partial charge on any atom is -0.454 e. The molecule has 0 radical (unpaired) electrons. The van der Waals surface area contributed by atoms with Crippen molar-refractivity contribution in [2.24, 2.45) is 0 Å². The lowest BCUT2D eigenvalue weighted by Gasteiger charge is -2.14. The van der Waals surface area contributed by atoms with Crippen LogP contribution < -0.4 is 14.8 Å². The second-order valence-corrected chi connectivity index (χ2v) is 5.94. The molecule has 1 N–H and O–H groups in total. The van der Waals surface area contributed by atoms with Gasteiger partial charge in [0.2, 0.25) is 6.79 Å². The highest BCUT2D eigenvalue weighted by molar-refractivity contribution is 7.10. The number of rotatable bonds is 5. The lowest BCUT2D eigenvalue weighted by Crippen LogP contribution is -2.18. The van der Waals surface area contributed by atoms with Crippen molar-refractivity contribution in [1.82, 2.24) is 5.32 Å². The molecular formula is C16H19NO2S. The first kappa shape index (κ1) is 13.5. The van der Waals surface area contributed by atoms with Crippen LogP contribution in [0.3, 0.4) is 0 Å². The molecule has 2 heterocycles. The maximum absolute atomic E-state index is 5.43. The van der Waals surface area contributed by atoms with E-state index in [1.54, 1.807) is 0 Å². The second kappa shape index (κ2) is 5.85. The molecule has 2 aromatic rings. The number of thiophene rings is 1. The van der Waals surface area contributed by atoms with E-state index in [0.717, 1.165) is 24.5 Å². The zero-order chi connectivity index (χ0) is 13.9. The lowest BCUT2D eigenvalue weighted by atomic mass is 10.1. The second-order valence-electron chi connectivity index (χ2n) is 4.94. The number of nitrogens with one attached hydrogen (secondary N) is 1. The first-order valence-corrected chi connectivity index (χ1v) is 7.84. The van der Waals surface area contributed by atoms with Crippen molar-refractivity contribution in [2.75, 3.05) is 6.79 Å². The van der Waals surface area contributed by atoms with Crippen LogP contribution in [0.4, 0.5) is 0 Å². The summed E-state index contributed by atoms with van der Waals surface area (Å²) in [4.78, 5) is 1.43. The lowest BCUT2D eigenvalue weighted by molar-refractivity contribution is 0.174. The Labute approximate surface area is 123 Å². The summed E-state index contributed by atoms with van der Waals surface area (Å²) in [6.45, 7) is 5.62. The smallest absolute Gasteiger partial charge is 0.231 e. The summed E-state index contributed by atoms with van der Waals surface area (Å²) in [5, 5.41) is 5.75. The zero-order valence-electron chi connectivity index (χ0n) is 11.8. The van der Waals surface area contributed by atoms with Crippen molar-refractivity contribution >= 4 is 11.3 Å². The summed E-state index contributed by atoms with van der Waals surface area (Å²) in [5.41, 5.74) is 2.67. The third-order valence-electron chi connectivity index (χ3n) is 3.68. The molecule has 106 valence electrons. The van der Waals surface area contributed by atoms with E-state index in [2.05, 4.69) is 42.7 Å². The number of ether oxygens (including phenoxy) is 2. The van der Waals surface area contributed by atoms with Crippen LogP contribution in [-0.2, 0) is 13.0 Å². The van der Waals surface area contributed by atoms with Crippen LogP contribution in [0.25, 0.3) is 0 Å². The topological polar surface area (TPSA) is 30.5 Å². The van der Waals surface area contributed by atoms with E-state index < -0.39 is 0 Å². The average molecular weight is 289 g/mol. The van der Waals surface area contributed by atoms with Gasteiger partial charge in [-0.2, -0.15) is 0 Å². The molecule has 0 saturated heterocycles. The first-order chi connectivity index (χ1) is 9.78. The molecule has 3 rings (SSSR count). The molecule has 1 unspecified atom stereocenters. The predicted molar refractivity (Wildman–Crippen MR) is 81.5 cm³/mol. The van der Waals surface area contributed by atoms with Crippen molar-refractivity contribution in [3.63, 3.8) is 0 Å². The molecular weight excluding hydrogens is 270 g/mol. The average Bonchev–Trinajstić information content (AvgIpc) is 3.12. The highest BCUT2D eigenvalue weighted by Gasteiger charge is 2.15. The van der Waals surface area contributed by atoms with Crippen LogP contribution in [0.15, 0.2) is 29.6 Å². The van der Waals surface area contributed by atoms with Gasteiger partial charge in [-0.15, -0.1) is 11.3 Å². The van der Waals surface area contributed by atoms with E-state index in [1.165, 1.54) is 16.0 Å². The number of aryl methyl sites for hydroxylation is 1. The van der Waals surface area contributed by atoms with Gasteiger partial charge >= 0.3 is 0 Å². The van der Waals surface area contributed by atoms with E-state index in [-0.39, 0.29) is 6.04 Å². The molecule has 20 heavy (non-hydrogen) atoms. The Morgan fingerprint density at radius 1 is 1.25 bits per heavy atom. The summed E-state index contributed by atoms with van der Waals surface area (Å²) >= 11 is 1.82. The van der Waals surface area contributed by atoms with Gasteiger partial charge in [0.15, 0.2) is 11.5 Å². The number of hydrogen-bond acceptors (Lipinski definition) is 4. The standard InChI is InChI=1S/C16H19NO2S/c1-3-12-6-7-20-16(12)9-17-11(2)13-4-5-14-15(8-13)19-10-18-14/h4-8,11,17H,3,9-10H2,1-2H3. The fraction of sp³-hybridized carbons (Fsp3) is 0.375. The molecule has 0 aliphatic carbocycles. The Morgan fingerprint density at radius 3 is 2.95 bits per heavy atom. The van der Waals surface area contributed by atoms with Crippen LogP contribution in [0.2, 0.25) is 0 Å². The predicted octanol–water partition coefficient (Wildman–Crippen LogP) is 3.89. The normalized spacial score (nSPS) is 14.5. The molecule has 1 aromatic carbocycles. The fourth-order valence-electron chi connectivity index (χ4n) is 2.38. The molecule has 1 aliphatic rings. The van der Waals surface area contributed by atoms with Gasteiger partial charge in [-0.25, -0.2) is 0 Å². The Balaban J connectivity index is 1.66. The van der Waals surface area contributed by atoms with Gasteiger partial charge in [-0.05, 0) is 48.1 Å². The monoisotopic (exact) mass is 289 g/mol. The molecule has 0 amide bonds. The van der Waals surface area contributed by atoms with E-state index in [0.29, 0.717) is 6.79 Å². The van der Waals surface area contributed by atoms with Gasteiger partial charge < -0.3 is 14.8 Å². The Bertz CT molecular complexity index is 594. The van der Waals surface area contributed by atoms with E-state index in [1.807, 2.05) is 17.4 Å². The van der Waals surface area contributed by atoms with Crippen molar-refractivity contribution in [3.05, 3.63) is 45.6 Å². The van der Waals surface area contributed by atoms with Crippen LogP contribution >= 0.6 is 11.3 Å². The maximum atomic E-state index is 5.43. The molecule has 0 saturated carbocycles. The third kappa shape index (κ3) is 2.67. The SMILES string of the molecule is CCc1ccsc1CNC(C)c1ccc2c(c1)OCO2. The third-order valence-corrected chi connectivity index (χ3v) is 4.65. The van der Waals surface area contributed by atoms with Crippen LogP contribution in [-0.4, -0.2) is 6.79 Å². The maximum Gasteiger partial charge on any atom is 0.231 e. The van der Waals surface area contributed by atoms with Crippen molar-refractivity contribution < 1.29 is 9.47 Å². The van der Waals surface area contributed by atoms with Crippen LogP contribution in [0.1, 0.15) is 35.9 Å².